The molecule has 0 spiro atoms. The molecule has 2 N–H and O–H groups in total. The number of hydrogen-bond donors (Lipinski definition) is 2. The average molecular weight is 366 g/mol. The Balaban J connectivity index is 1.66. The Hall–Kier alpha value is -2.54. The van der Waals surface area contributed by atoms with E-state index in [0.717, 1.165) is 0 Å². The van der Waals surface area contributed by atoms with Gasteiger partial charge in [0.15, 0.2) is 11.6 Å². The van der Waals surface area contributed by atoms with Crippen molar-refractivity contribution in [1.29, 1.82) is 0 Å². The monoisotopic (exact) mass is 365 g/mol. The minimum atomic E-state index is -0.462. The number of pyridine rings is 1. The van der Waals surface area contributed by atoms with Gasteiger partial charge in [-0.1, -0.05) is 11.6 Å². The van der Waals surface area contributed by atoms with E-state index in [0.29, 0.717) is 28.6 Å². The normalized spacial score (nSPS) is 18.4. The lowest BCUT2D eigenvalue weighted by atomic mass is 10.1. The summed E-state index contributed by atoms with van der Waals surface area (Å²) in [5.74, 6) is 0.331. The summed E-state index contributed by atoms with van der Waals surface area (Å²) < 4.78 is 24.8. The van der Waals surface area contributed by atoms with Crippen LogP contribution in [0.2, 0.25) is 5.02 Å². The standard InChI is InChI=1S/C17H17ClFN3O3/c1-24-12-4-5-13(25-2)16(19)15(12)10-7-11(10)21-17(23)22-14-6-3-9(18)8-20-14/h3-6,8,10-11H,7H2,1-2H3,(H2,20,21,22,23). The second-order valence-electron chi connectivity index (χ2n) is 5.61. The van der Waals surface area contributed by atoms with Crippen molar-refractivity contribution in [3.63, 3.8) is 0 Å². The molecular formula is C17H17ClFN3O3. The van der Waals surface area contributed by atoms with E-state index in [9.17, 15) is 9.18 Å². The minimum Gasteiger partial charge on any atom is -0.496 e. The number of nitrogens with zero attached hydrogens (tertiary/aromatic N) is 1. The van der Waals surface area contributed by atoms with Gasteiger partial charge in [-0.15, -0.1) is 0 Å². The number of hydrogen-bond acceptors (Lipinski definition) is 4. The number of halogens is 2. The molecule has 2 atom stereocenters. The van der Waals surface area contributed by atoms with Crippen molar-refractivity contribution in [3.8, 4) is 11.5 Å². The van der Waals surface area contributed by atoms with Gasteiger partial charge >= 0.3 is 6.03 Å². The van der Waals surface area contributed by atoms with Crippen LogP contribution in [0.3, 0.4) is 0 Å². The van der Waals surface area contributed by atoms with Gasteiger partial charge in [-0.05, 0) is 30.7 Å². The Morgan fingerprint density at radius 1 is 1.24 bits per heavy atom. The van der Waals surface area contributed by atoms with E-state index in [1.54, 1.807) is 18.2 Å². The summed E-state index contributed by atoms with van der Waals surface area (Å²) in [5, 5.41) is 5.88. The third kappa shape index (κ3) is 3.76. The molecule has 1 saturated carbocycles. The Morgan fingerprint density at radius 3 is 2.60 bits per heavy atom. The molecule has 1 aliphatic rings. The van der Waals surface area contributed by atoms with Crippen LogP contribution in [-0.2, 0) is 0 Å². The maximum atomic E-state index is 14.6. The fourth-order valence-electron chi connectivity index (χ4n) is 2.68. The highest BCUT2D eigenvalue weighted by Crippen LogP contribution is 2.47. The lowest BCUT2D eigenvalue weighted by molar-refractivity contribution is 0.251. The zero-order valence-corrected chi connectivity index (χ0v) is 14.4. The molecule has 3 rings (SSSR count). The highest BCUT2D eigenvalue weighted by molar-refractivity contribution is 6.30. The number of ether oxygens (including phenoxy) is 2. The van der Waals surface area contributed by atoms with Crippen molar-refractivity contribution in [2.75, 3.05) is 19.5 Å². The molecule has 2 unspecified atom stereocenters. The number of methoxy groups -OCH3 is 2. The van der Waals surface area contributed by atoms with Crippen LogP contribution in [-0.4, -0.2) is 31.3 Å². The molecule has 2 aromatic rings. The number of urea groups is 1. The molecule has 1 aromatic carbocycles. The smallest absolute Gasteiger partial charge is 0.320 e. The molecule has 25 heavy (non-hydrogen) atoms. The second-order valence-corrected chi connectivity index (χ2v) is 6.04. The zero-order valence-electron chi connectivity index (χ0n) is 13.7. The Morgan fingerprint density at radius 2 is 1.96 bits per heavy atom. The maximum Gasteiger partial charge on any atom is 0.320 e. The molecule has 0 saturated heterocycles. The Kier molecular flexibility index (Phi) is 4.94. The van der Waals surface area contributed by atoms with E-state index in [1.807, 2.05) is 0 Å². The van der Waals surface area contributed by atoms with E-state index in [2.05, 4.69) is 15.6 Å². The molecule has 1 fully saturated rings. The number of benzene rings is 1. The lowest BCUT2D eigenvalue weighted by Gasteiger charge is -2.13. The summed E-state index contributed by atoms with van der Waals surface area (Å²) in [6.07, 6.45) is 2.05. The van der Waals surface area contributed by atoms with Crippen LogP contribution in [0.5, 0.6) is 11.5 Å². The van der Waals surface area contributed by atoms with E-state index >= 15 is 0 Å². The number of carbonyl (C=O) groups excluding carboxylic acids is 1. The third-order valence-corrected chi connectivity index (χ3v) is 4.21. The van der Waals surface area contributed by atoms with Crippen LogP contribution in [0.4, 0.5) is 15.0 Å². The maximum absolute atomic E-state index is 14.6. The second kappa shape index (κ2) is 7.14. The van der Waals surface area contributed by atoms with Gasteiger partial charge in [0.05, 0.1) is 19.2 Å². The summed E-state index contributed by atoms with van der Waals surface area (Å²) in [5.41, 5.74) is 0.414. The van der Waals surface area contributed by atoms with Crippen LogP contribution < -0.4 is 20.1 Å². The number of anilines is 1. The van der Waals surface area contributed by atoms with Crippen molar-refractivity contribution in [2.45, 2.75) is 18.4 Å². The summed E-state index contributed by atoms with van der Waals surface area (Å²) in [6, 6.07) is 5.79. The molecular weight excluding hydrogens is 349 g/mol. The molecule has 132 valence electrons. The molecule has 8 heteroatoms. The first-order valence-corrected chi connectivity index (χ1v) is 8.00. The number of amides is 2. The zero-order chi connectivity index (χ0) is 18.0. The molecule has 2 amide bonds. The highest BCUT2D eigenvalue weighted by Gasteiger charge is 2.43. The van der Waals surface area contributed by atoms with Gasteiger partial charge in [-0.2, -0.15) is 0 Å². The first-order valence-electron chi connectivity index (χ1n) is 7.63. The number of aromatic nitrogens is 1. The predicted molar refractivity (Wildman–Crippen MR) is 92.1 cm³/mol. The molecule has 1 aromatic heterocycles. The van der Waals surface area contributed by atoms with Gasteiger partial charge in [0.1, 0.15) is 11.6 Å². The molecule has 1 heterocycles. The van der Waals surface area contributed by atoms with Gasteiger partial charge in [-0.3, -0.25) is 5.32 Å². The first-order chi connectivity index (χ1) is 12.0. The largest absolute Gasteiger partial charge is 0.496 e. The van der Waals surface area contributed by atoms with Gasteiger partial charge in [0.25, 0.3) is 0 Å². The van der Waals surface area contributed by atoms with Crippen molar-refractivity contribution in [2.24, 2.45) is 0 Å². The van der Waals surface area contributed by atoms with Crippen molar-refractivity contribution < 1.29 is 18.7 Å². The van der Waals surface area contributed by atoms with Crippen LogP contribution in [0.25, 0.3) is 0 Å². The first kappa shape index (κ1) is 17.3. The number of nitrogens with one attached hydrogen (secondary N) is 2. The van der Waals surface area contributed by atoms with E-state index in [4.69, 9.17) is 21.1 Å². The van der Waals surface area contributed by atoms with Crippen LogP contribution in [0, 0.1) is 5.82 Å². The Labute approximate surface area is 149 Å². The topological polar surface area (TPSA) is 72.5 Å². The quantitative estimate of drug-likeness (QED) is 0.849. The molecule has 0 radical (unpaired) electrons. The summed E-state index contributed by atoms with van der Waals surface area (Å²) in [7, 11) is 2.89. The van der Waals surface area contributed by atoms with Crippen LogP contribution in [0.15, 0.2) is 30.5 Å². The summed E-state index contributed by atoms with van der Waals surface area (Å²) in [6.45, 7) is 0. The SMILES string of the molecule is COc1ccc(OC)c(C2CC2NC(=O)Nc2ccc(Cl)cn2)c1F. The van der Waals surface area contributed by atoms with Crippen LogP contribution in [0.1, 0.15) is 17.9 Å². The minimum absolute atomic E-state index is 0.149. The van der Waals surface area contributed by atoms with Crippen molar-refractivity contribution in [1.82, 2.24) is 10.3 Å². The van der Waals surface area contributed by atoms with Gasteiger partial charge in [-0.25, -0.2) is 14.2 Å². The van der Waals surface area contributed by atoms with E-state index in [-0.39, 0.29) is 17.7 Å². The average Bonchev–Trinajstić information content (AvgIpc) is 3.34. The van der Waals surface area contributed by atoms with Gasteiger partial charge in [0, 0.05) is 23.7 Å². The van der Waals surface area contributed by atoms with Crippen molar-refractivity contribution >= 4 is 23.4 Å². The predicted octanol–water partition coefficient (Wildman–Crippen LogP) is 3.57. The number of rotatable bonds is 5. The van der Waals surface area contributed by atoms with Gasteiger partial charge < -0.3 is 14.8 Å². The van der Waals surface area contributed by atoms with E-state index < -0.39 is 11.8 Å². The fourth-order valence-corrected chi connectivity index (χ4v) is 2.79. The molecule has 0 aliphatic heterocycles. The lowest BCUT2D eigenvalue weighted by Crippen LogP contribution is -2.31. The third-order valence-electron chi connectivity index (χ3n) is 3.99. The Bertz CT molecular complexity index is 785. The fraction of sp³-hybridized carbons (Fsp3) is 0.294. The summed E-state index contributed by atoms with van der Waals surface area (Å²) in [4.78, 5) is 16.0. The molecule has 0 bridgehead atoms. The van der Waals surface area contributed by atoms with Crippen molar-refractivity contribution in [3.05, 3.63) is 46.9 Å². The molecule has 6 nitrogen and oxygen atoms in total. The molecule has 1 aliphatic carbocycles. The summed E-state index contributed by atoms with van der Waals surface area (Å²) >= 11 is 5.75. The van der Waals surface area contributed by atoms with Crippen LogP contribution >= 0.6 is 11.6 Å². The highest BCUT2D eigenvalue weighted by atomic mass is 35.5. The van der Waals surface area contributed by atoms with E-state index in [1.165, 1.54) is 26.5 Å². The van der Waals surface area contributed by atoms with Gasteiger partial charge in [0.2, 0.25) is 0 Å². The number of carbonyl (C=O) groups is 1.